The van der Waals surface area contributed by atoms with E-state index in [-0.39, 0.29) is 17.7 Å². The van der Waals surface area contributed by atoms with Crippen molar-refractivity contribution < 1.29 is 14.3 Å². The zero-order chi connectivity index (χ0) is 13.8. The van der Waals surface area contributed by atoms with Crippen molar-refractivity contribution in [3.8, 4) is 0 Å². The van der Waals surface area contributed by atoms with Crippen molar-refractivity contribution in [2.75, 3.05) is 7.11 Å². The molecule has 1 atom stereocenters. The summed E-state index contributed by atoms with van der Waals surface area (Å²) < 4.78 is 4.71. The molecule has 4 heteroatoms. The second kappa shape index (κ2) is 6.02. The molecule has 19 heavy (non-hydrogen) atoms. The predicted octanol–water partition coefficient (Wildman–Crippen LogP) is 3.27. The Morgan fingerprint density at radius 1 is 1.37 bits per heavy atom. The normalized spacial score (nSPS) is 18.9. The Balaban J connectivity index is 2.28. The van der Waals surface area contributed by atoms with Crippen molar-refractivity contribution in [3.05, 3.63) is 40.9 Å². The monoisotopic (exact) mass is 278 g/mol. The fourth-order valence-electron chi connectivity index (χ4n) is 2.29. The molecule has 0 N–H and O–H groups in total. The van der Waals surface area contributed by atoms with Crippen molar-refractivity contribution in [1.29, 1.82) is 0 Å². The van der Waals surface area contributed by atoms with Crippen LogP contribution in [0.4, 0.5) is 0 Å². The highest BCUT2D eigenvalue weighted by Crippen LogP contribution is 2.34. The maximum absolute atomic E-state index is 11.6. The van der Waals surface area contributed by atoms with E-state index in [0.717, 1.165) is 11.1 Å². The molecule has 0 fully saturated rings. The first-order valence-corrected chi connectivity index (χ1v) is 6.55. The van der Waals surface area contributed by atoms with Gasteiger partial charge in [-0.15, -0.1) is 0 Å². The number of methoxy groups -OCH3 is 1. The molecular formula is C15H15ClO3. The van der Waals surface area contributed by atoms with E-state index in [1.54, 1.807) is 18.2 Å². The van der Waals surface area contributed by atoms with Crippen LogP contribution in [-0.2, 0) is 14.3 Å². The topological polar surface area (TPSA) is 43.4 Å². The molecule has 0 saturated carbocycles. The molecule has 0 saturated heterocycles. The second-order valence-electron chi connectivity index (χ2n) is 4.59. The van der Waals surface area contributed by atoms with Gasteiger partial charge in [-0.05, 0) is 41.7 Å². The van der Waals surface area contributed by atoms with Gasteiger partial charge in [0.15, 0.2) is 5.78 Å². The molecule has 0 aliphatic heterocycles. The number of esters is 1. The van der Waals surface area contributed by atoms with Gasteiger partial charge >= 0.3 is 5.97 Å². The molecule has 0 heterocycles. The lowest BCUT2D eigenvalue weighted by atomic mass is 9.81. The molecule has 1 aliphatic rings. The van der Waals surface area contributed by atoms with Crippen LogP contribution in [-0.4, -0.2) is 18.9 Å². The summed E-state index contributed by atoms with van der Waals surface area (Å²) in [6.45, 7) is 0. The molecule has 0 bridgehead atoms. The fraction of sp³-hybridized carbons (Fsp3) is 0.333. The minimum absolute atomic E-state index is 0.0336. The first-order chi connectivity index (χ1) is 9.10. The molecule has 0 amide bonds. The third-order valence-electron chi connectivity index (χ3n) is 3.31. The molecule has 0 radical (unpaired) electrons. The maximum atomic E-state index is 11.6. The highest BCUT2D eigenvalue weighted by molar-refractivity contribution is 6.30. The van der Waals surface area contributed by atoms with Crippen LogP contribution in [0.25, 0.3) is 5.57 Å². The van der Waals surface area contributed by atoms with Gasteiger partial charge in [0, 0.05) is 11.4 Å². The summed E-state index contributed by atoms with van der Waals surface area (Å²) in [4.78, 5) is 23.0. The van der Waals surface area contributed by atoms with E-state index in [2.05, 4.69) is 0 Å². The molecule has 3 nitrogen and oxygen atoms in total. The maximum Gasteiger partial charge on any atom is 0.306 e. The average Bonchev–Trinajstić information content (AvgIpc) is 2.41. The van der Waals surface area contributed by atoms with Gasteiger partial charge in [-0.2, -0.15) is 0 Å². The van der Waals surface area contributed by atoms with Crippen LogP contribution in [0.3, 0.4) is 0 Å². The Labute approximate surface area is 117 Å². The number of hydrogen-bond donors (Lipinski definition) is 0. The quantitative estimate of drug-likeness (QED) is 0.797. The van der Waals surface area contributed by atoms with E-state index in [1.165, 1.54) is 7.11 Å². The minimum Gasteiger partial charge on any atom is -0.469 e. The Morgan fingerprint density at radius 3 is 2.68 bits per heavy atom. The predicted molar refractivity (Wildman–Crippen MR) is 73.8 cm³/mol. The van der Waals surface area contributed by atoms with Gasteiger partial charge in [-0.1, -0.05) is 23.7 Å². The molecule has 0 spiro atoms. The number of benzene rings is 1. The first-order valence-electron chi connectivity index (χ1n) is 6.17. The van der Waals surface area contributed by atoms with Crippen molar-refractivity contribution in [1.82, 2.24) is 0 Å². The Bertz CT molecular complexity index is 517. The summed E-state index contributed by atoms with van der Waals surface area (Å²) in [5.41, 5.74) is 1.84. The molecule has 0 aromatic heterocycles. The SMILES string of the molecule is COC(=O)C[C@@H]1CCC(=O)C=C1c1ccc(Cl)cc1. The number of halogens is 1. The molecule has 0 unspecified atom stereocenters. The molecule has 1 aromatic rings. The van der Waals surface area contributed by atoms with Crippen LogP contribution in [0.2, 0.25) is 5.02 Å². The lowest BCUT2D eigenvalue weighted by Gasteiger charge is -2.23. The zero-order valence-electron chi connectivity index (χ0n) is 10.7. The van der Waals surface area contributed by atoms with Crippen LogP contribution in [0, 0.1) is 5.92 Å². The van der Waals surface area contributed by atoms with E-state index in [0.29, 0.717) is 24.3 Å². The van der Waals surface area contributed by atoms with Crippen LogP contribution >= 0.6 is 11.6 Å². The summed E-state index contributed by atoms with van der Waals surface area (Å²) in [5.74, 6) is -0.114. The number of ether oxygens (including phenoxy) is 1. The van der Waals surface area contributed by atoms with Crippen LogP contribution < -0.4 is 0 Å². The first kappa shape index (κ1) is 13.8. The summed E-state index contributed by atoms with van der Waals surface area (Å²) in [5, 5.41) is 0.649. The highest BCUT2D eigenvalue weighted by Gasteiger charge is 2.25. The molecule has 1 aliphatic carbocycles. The van der Waals surface area contributed by atoms with Crippen molar-refractivity contribution >= 4 is 28.9 Å². The third-order valence-corrected chi connectivity index (χ3v) is 3.57. The summed E-state index contributed by atoms with van der Waals surface area (Å²) in [6.07, 6.45) is 3.11. The summed E-state index contributed by atoms with van der Waals surface area (Å²) in [7, 11) is 1.38. The van der Waals surface area contributed by atoms with E-state index >= 15 is 0 Å². The number of hydrogen-bond acceptors (Lipinski definition) is 3. The smallest absolute Gasteiger partial charge is 0.306 e. The van der Waals surface area contributed by atoms with Crippen molar-refractivity contribution in [2.45, 2.75) is 19.3 Å². The number of ketones is 1. The number of allylic oxidation sites excluding steroid dienone is 2. The van der Waals surface area contributed by atoms with Gasteiger partial charge in [0.25, 0.3) is 0 Å². The van der Waals surface area contributed by atoms with Gasteiger partial charge in [-0.25, -0.2) is 0 Å². The number of rotatable bonds is 3. The lowest BCUT2D eigenvalue weighted by molar-refractivity contribution is -0.141. The minimum atomic E-state index is -0.251. The third kappa shape index (κ3) is 3.44. The van der Waals surface area contributed by atoms with Gasteiger partial charge in [-0.3, -0.25) is 9.59 Å². The van der Waals surface area contributed by atoms with Crippen LogP contribution in [0.5, 0.6) is 0 Å². The fourth-order valence-corrected chi connectivity index (χ4v) is 2.42. The standard InChI is InChI=1S/C15H15ClO3/c1-19-15(18)8-11-4-7-13(17)9-14(11)10-2-5-12(16)6-3-10/h2-3,5-6,9,11H,4,7-8H2,1H3/t11-/m0/s1. The van der Waals surface area contributed by atoms with Gasteiger partial charge in [0.05, 0.1) is 13.5 Å². The second-order valence-corrected chi connectivity index (χ2v) is 5.03. The van der Waals surface area contributed by atoms with E-state index in [4.69, 9.17) is 16.3 Å². The molecule has 100 valence electrons. The average molecular weight is 279 g/mol. The van der Waals surface area contributed by atoms with E-state index < -0.39 is 0 Å². The van der Waals surface area contributed by atoms with Gasteiger partial charge in [0.2, 0.25) is 0 Å². The largest absolute Gasteiger partial charge is 0.469 e. The molecule has 2 rings (SSSR count). The van der Waals surface area contributed by atoms with Crippen LogP contribution in [0.1, 0.15) is 24.8 Å². The Kier molecular flexibility index (Phi) is 4.38. The zero-order valence-corrected chi connectivity index (χ0v) is 11.4. The summed E-state index contributed by atoms with van der Waals surface area (Å²) in [6, 6.07) is 7.31. The molecule has 1 aromatic carbocycles. The van der Waals surface area contributed by atoms with Crippen LogP contribution in [0.15, 0.2) is 30.3 Å². The lowest BCUT2D eigenvalue weighted by Crippen LogP contribution is -2.17. The number of carbonyl (C=O) groups excluding carboxylic acids is 2. The summed E-state index contributed by atoms with van der Waals surface area (Å²) >= 11 is 5.86. The Morgan fingerprint density at radius 2 is 2.05 bits per heavy atom. The Hall–Kier alpha value is -1.61. The van der Waals surface area contributed by atoms with Crippen molar-refractivity contribution in [2.24, 2.45) is 5.92 Å². The van der Waals surface area contributed by atoms with Gasteiger partial charge in [0.1, 0.15) is 0 Å². The highest BCUT2D eigenvalue weighted by atomic mass is 35.5. The van der Waals surface area contributed by atoms with Gasteiger partial charge < -0.3 is 4.74 Å². The van der Waals surface area contributed by atoms with Crippen molar-refractivity contribution in [3.63, 3.8) is 0 Å². The number of carbonyl (C=O) groups is 2. The van der Waals surface area contributed by atoms with E-state index in [9.17, 15) is 9.59 Å². The molecular weight excluding hydrogens is 264 g/mol. The van der Waals surface area contributed by atoms with E-state index in [1.807, 2.05) is 12.1 Å².